The molecule has 152 valence electrons. The zero-order chi connectivity index (χ0) is 21.3. The smallest absolute Gasteiger partial charge is 0.311 e. The zero-order valence-electron chi connectivity index (χ0n) is 17.0. The maximum atomic E-state index is 12.6. The van der Waals surface area contributed by atoms with Gasteiger partial charge in [-0.15, -0.1) is 0 Å². The standard InChI is InChI=1S/C23H22N4O3/c1-14-19(15(2)27(26-14)17-9-5-4-6-10-17)13-21(28)30-16(3)22-24-20-12-8-7-11-18(20)23(29)25-22/h4-12,16H,13H2,1-3H3,(H,24,25,29)/t16-/m0/s1. The molecule has 0 aliphatic heterocycles. The second-order valence-electron chi connectivity index (χ2n) is 7.17. The Bertz CT molecular complexity index is 1270. The fraction of sp³-hybridized carbons (Fsp3) is 0.217. The lowest BCUT2D eigenvalue weighted by Crippen LogP contribution is -2.18. The summed E-state index contributed by atoms with van der Waals surface area (Å²) < 4.78 is 7.38. The fourth-order valence-corrected chi connectivity index (χ4v) is 3.49. The summed E-state index contributed by atoms with van der Waals surface area (Å²) >= 11 is 0. The van der Waals surface area contributed by atoms with Gasteiger partial charge < -0.3 is 9.72 Å². The van der Waals surface area contributed by atoms with Gasteiger partial charge in [0.05, 0.1) is 28.7 Å². The minimum Gasteiger partial charge on any atom is -0.454 e. The Kier molecular flexibility index (Phi) is 5.18. The average Bonchev–Trinajstić information content (AvgIpc) is 3.02. The van der Waals surface area contributed by atoms with Crippen LogP contribution in [-0.4, -0.2) is 25.7 Å². The third kappa shape index (κ3) is 3.74. The first-order valence-corrected chi connectivity index (χ1v) is 9.73. The van der Waals surface area contributed by atoms with Crippen LogP contribution < -0.4 is 5.56 Å². The Labute approximate surface area is 173 Å². The Balaban J connectivity index is 1.53. The van der Waals surface area contributed by atoms with Gasteiger partial charge in [-0.05, 0) is 45.0 Å². The monoisotopic (exact) mass is 402 g/mol. The molecule has 0 fully saturated rings. The van der Waals surface area contributed by atoms with Crippen LogP contribution in [-0.2, 0) is 16.0 Å². The van der Waals surface area contributed by atoms with E-state index in [0.717, 1.165) is 22.6 Å². The molecule has 0 amide bonds. The Hall–Kier alpha value is -3.74. The molecule has 2 aromatic carbocycles. The Morgan fingerprint density at radius 3 is 2.57 bits per heavy atom. The van der Waals surface area contributed by atoms with Crippen molar-refractivity contribution in [3.05, 3.63) is 87.7 Å². The van der Waals surface area contributed by atoms with Crippen LogP contribution in [0.25, 0.3) is 16.6 Å². The van der Waals surface area contributed by atoms with E-state index in [-0.39, 0.29) is 12.0 Å². The molecule has 0 unspecified atom stereocenters. The molecule has 0 spiro atoms. The summed E-state index contributed by atoms with van der Waals surface area (Å²) in [6.45, 7) is 5.50. The SMILES string of the molecule is Cc1nn(-c2ccccc2)c(C)c1CC(=O)O[C@@H](C)c1nc2ccccc2c(=O)[nH]1. The summed E-state index contributed by atoms with van der Waals surface area (Å²) in [6.07, 6.45) is -0.591. The van der Waals surface area contributed by atoms with Crippen molar-refractivity contribution in [2.24, 2.45) is 0 Å². The van der Waals surface area contributed by atoms with Crippen LogP contribution in [0.2, 0.25) is 0 Å². The highest BCUT2D eigenvalue weighted by molar-refractivity contribution is 5.77. The molecule has 2 heterocycles. The number of para-hydroxylation sites is 2. The number of aromatic amines is 1. The van der Waals surface area contributed by atoms with Crippen LogP contribution in [0.4, 0.5) is 0 Å². The summed E-state index contributed by atoms with van der Waals surface area (Å²) in [7, 11) is 0. The van der Waals surface area contributed by atoms with Crippen LogP contribution in [0.15, 0.2) is 59.4 Å². The molecule has 7 nitrogen and oxygen atoms in total. The number of H-pyrrole nitrogens is 1. The number of aromatic nitrogens is 4. The number of nitrogens with one attached hydrogen (secondary N) is 1. The number of carbonyl (C=O) groups is 1. The third-order valence-corrected chi connectivity index (χ3v) is 5.09. The number of esters is 1. The van der Waals surface area contributed by atoms with Gasteiger partial charge in [0.15, 0.2) is 11.9 Å². The lowest BCUT2D eigenvalue weighted by atomic mass is 10.1. The van der Waals surface area contributed by atoms with Crippen LogP contribution in [0.1, 0.15) is 35.8 Å². The van der Waals surface area contributed by atoms with E-state index < -0.39 is 12.1 Å². The molecule has 0 saturated heterocycles. The largest absolute Gasteiger partial charge is 0.454 e. The highest BCUT2D eigenvalue weighted by atomic mass is 16.5. The number of ether oxygens (including phenoxy) is 1. The van der Waals surface area contributed by atoms with Gasteiger partial charge in [-0.25, -0.2) is 9.67 Å². The maximum absolute atomic E-state index is 12.6. The summed E-state index contributed by atoms with van der Waals surface area (Å²) in [5.41, 5.74) is 3.74. The highest BCUT2D eigenvalue weighted by Gasteiger charge is 2.20. The van der Waals surface area contributed by atoms with Gasteiger partial charge in [0, 0.05) is 11.3 Å². The van der Waals surface area contributed by atoms with Gasteiger partial charge >= 0.3 is 5.97 Å². The van der Waals surface area contributed by atoms with E-state index in [0.29, 0.717) is 16.7 Å². The average molecular weight is 402 g/mol. The van der Waals surface area contributed by atoms with Crippen LogP contribution in [0.5, 0.6) is 0 Å². The van der Waals surface area contributed by atoms with Crippen LogP contribution >= 0.6 is 0 Å². The predicted molar refractivity (Wildman–Crippen MR) is 114 cm³/mol. The Morgan fingerprint density at radius 2 is 1.80 bits per heavy atom. The van der Waals surface area contributed by atoms with E-state index in [1.807, 2.05) is 54.9 Å². The first-order chi connectivity index (χ1) is 14.4. The van der Waals surface area contributed by atoms with Crippen LogP contribution in [0.3, 0.4) is 0 Å². The molecular weight excluding hydrogens is 380 g/mol. The molecule has 0 aliphatic carbocycles. The molecular formula is C23H22N4O3. The lowest BCUT2D eigenvalue weighted by molar-refractivity contribution is -0.148. The molecule has 4 aromatic rings. The van der Waals surface area contributed by atoms with Crippen molar-refractivity contribution in [1.82, 2.24) is 19.7 Å². The van der Waals surface area contributed by atoms with E-state index in [1.165, 1.54) is 0 Å². The van der Waals surface area contributed by atoms with Crippen LogP contribution in [0, 0.1) is 13.8 Å². The number of benzene rings is 2. The molecule has 0 radical (unpaired) electrons. The minimum atomic E-state index is -0.681. The van der Waals surface area contributed by atoms with Crippen molar-refractivity contribution >= 4 is 16.9 Å². The Morgan fingerprint density at radius 1 is 1.10 bits per heavy atom. The molecule has 0 aliphatic rings. The molecule has 2 aromatic heterocycles. The van der Waals surface area contributed by atoms with Crippen molar-refractivity contribution in [3.63, 3.8) is 0 Å². The number of rotatable bonds is 5. The molecule has 0 saturated carbocycles. The number of fused-ring (bicyclic) bond motifs is 1. The van der Waals surface area contributed by atoms with Gasteiger partial charge in [-0.2, -0.15) is 5.10 Å². The summed E-state index contributed by atoms with van der Waals surface area (Å²) in [4.78, 5) is 32.0. The second kappa shape index (κ2) is 7.94. The van der Waals surface area contributed by atoms with Crippen molar-refractivity contribution in [3.8, 4) is 5.69 Å². The van der Waals surface area contributed by atoms with E-state index >= 15 is 0 Å². The first-order valence-electron chi connectivity index (χ1n) is 9.73. The van der Waals surface area contributed by atoms with Gasteiger partial charge in [-0.1, -0.05) is 30.3 Å². The number of aryl methyl sites for hydroxylation is 1. The van der Waals surface area contributed by atoms with Gasteiger partial charge in [0.2, 0.25) is 0 Å². The maximum Gasteiger partial charge on any atom is 0.311 e. The molecule has 1 atom stereocenters. The van der Waals surface area contributed by atoms with Crippen molar-refractivity contribution in [2.75, 3.05) is 0 Å². The van der Waals surface area contributed by atoms with Crippen molar-refractivity contribution < 1.29 is 9.53 Å². The molecule has 4 rings (SSSR count). The number of hydrogen-bond donors (Lipinski definition) is 1. The van der Waals surface area contributed by atoms with Crippen molar-refractivity contribution in [2.45, 2.75) is 33.3 Å². The zero-order valence-corrected chi connectivity index (χ0v) is 17.0. The molecule has 30 heavy (non-hydrogen) atoms. The summed E-state index contributed by atoms with van der Waals surface area (Å²) in [5.74, 6) is -0.0856. The lowest BCUT2D eigenvalue weighted by Gasteiger charge is -2.13. The fourth-order valence-electron chi connectivity index (χ4n) is 3.49. The highest BCUT2D eigenvalue weighted by Crippen LogP contribution is 2.20. The van der Waals surface area contributed by atoms with E-state index in [1.54, 1.807) is 25.1 Å². The summed E-state index contributed by atoms with van der Waals surface area (Å²) in [6, 6.07) is 16.8. The van der Waals surface area contributed by atoms with Gasteiger partial charge in [0.1, 0.15) is 0 Å². The van der Waals surface area contributed by atoms with E-state index in [2.05, 4.69) is 15.1 Å². The normalized spacial score (nSPS) is 12.1. The first kappa shape index (κ1) is 19.6. The molecule has 1 N–H and O–H groups in total. The number of carbonyl (C=O) groups excluding carboxylic acids is 1. The van der Waals surface area contributed by atoms with E-state index in [9.17, 15) is 9.59 Å². The second-order valence-corrected chi connectivity index (χ2v) is 7.17. The predicted octanol–water partition coefficient (Wildman–Crippen LogP) is 3.57. The number of hydrogen-bond acceptors (Lipinski definition) is 5. The topological polar surface area (TPSA) is 89.9 Å². The number of nitrogens with zero attached hydrogens (tertiary/aromatic N) is 3. The van der Waals surface area contributed by atoms with Gasteiger partial charge in [-0.3, -0.25) is 9.59 Å². The minimum absolute atomic E-state index is 0.0899. The van der Waals surface area contributed by atoms with Gasteiger partial charge in [0.25, 0.3) is 5.56 Å². The summed E-state index contributed by atoms with van der Waals surface area (Å²) in [5, 5.41) is 5.06. The van der Waals surface area contributed by atoms with E-state index in [4.69, 9.17) is 4.74 Å². The van der Waals surface area contributed by atoms with Crippen molar-refractivity contribution in [1.29, 1.82) is 0 Å². The quantitative estimate of drug-likeness (QED) is 0.516. The molecule has 0 bridgehead atoms. The molecule has 7 heteroatoms. The third-order valence-electron chi connectivity index (χ3n) is 5.09.